The number of fused-ring (bicyclic) bond motifs is 2. The Hall–Kier alpha value is -4.46. The number of carbonyl (C=O) groups excluding carboxylic acids is 1. The van der Waals surface area contributed by atoms with Gasteiger partial charge in [-0.1, -0.05) is 24.3 Å². The van der Waals surface area contributed by atoms with E-state index in [0.717, 1.165) is 11.3 Å². The van der Waals surface area contributed by atoms with Gasteiger partial charge >= 0.3 is 0 Å². The Labute approximate surface area is 200 Å². The number of rotatable bonds is 6. The minimum Gasteiger partial charge on any atom is -0.505 e. The van der Waals surface area contributed by atoms with Crippen molar-refractivity contribution in [1.29, 1.82) is 0 Å². The maximum Gasteiger partial charge on any atom is 0.255 e. The Kier molecular flexibility index (Phi) is 5.78. The van der Waals surface area contributed by atoms with Crippen LogP contribution in [0.3, 0.4) is 0 Å². The number of benzene rings is 2. The fraction of sp³-hybridized carbons (Fsp3) is 0.148. The average molecular weight is 471 g/mol. The molecule has 3 aromatic heterocycles. The van der Waals surface area contributed by atoms with Crippen molar-refractivity contribution in [3.63, 3.8) is 0 Å². The van der Waals surface area contributed by atoms with Crippen LogP contribution in [0.1, 0.15) is 28.5 Å². The van der Waals surface area contributed by atoms with Crippen LogP contribution in [0.5, 0.6) is 11.6 Å². The van der Waals surface area contributed by atoms with Gasteiger partial charge in [0.2, 0.25) is 5.88 Å². The maximum absolute atomic E-state index is 13.9. The second kappa shape index (κ2) is 9.06. The van der Waals surface area contributed by atoms with Gasteiger partial charge in [0.05, 0.1) is 29.7 Å². The Balaban J connectivity index is 1.68. The van der Waals surface area contributed by atoms with Gasteiger partial charge in [0.25, 0.3) is 5.91 Å². The van der Waals surface area contributed by atoms with Gasteiger partial charge in [-0.05, 0) is 42.8 Å². The van der Waals surface area contributed by atoms with Gasteiger partial charge in [0, 0.05) is 35.9 Å². The van der Waals surface area contributed by atoms with Crippen molar-refractivity contribution in [1.82, 2.24) is 19.4 Å². The highest BCUT2D eigenvalue weighted by Crippen LogP contribution is 2.42. The van der Waals surface area contributed by atoms with Crippen molar-refractivity contribution in [2.45, 2.75) is 20.0 Å². The van der Waals surface area contributed by atoms with E-state index in [2.05, 4.69) is 9.97 Å². The predicted octanol–water partition coefficient (Wildman–Crippen LogP) is 4.85. The van der Waals surface area contributed by atoms with E-state index in [4.69, 9.17) is 0 Å². The molecule has 0 radical (unpaired) electrons. The minimum absolute atomic E-state index is 0.149. The summed E-state index contributed by atoms with van der Waals surface area (Å²) < 4.78 is 14.9. The molecule has 0 saturated heterocycles. The van der Waals surface area contributed by atoms with E-state index in [1.807, 2.05) is 25.1 Å². The molecule has 3 heterocycles. The van der Waals surface area contributed by atoms with E-state index in [-0.39, 0.29) is 40.8 Å². The highest BCUT2D eigenvalue weighted by atomic mass is 19.1. The van der Waals surface area contributed by atoms with Crippen molar-refractivity contribution in [2.24, 2.45) is 0 Å². The molecule has 7 nitrogen and oxygen atoms in total. The number of halogens is 1. The summed E-state index contributed by atoms with van der Waals surface area (Å²) >= 11 is 0. The number of pyridine rings is 2. The van der Waals surface area contributed by atoms with Crippen molar-refractivity contribution in [3.8, 4) is 11.6 Å². The molecule has 1 amide bonds. The molecule has 0 atom stereocenters. The molecule has 0 spiro atoms. The molecule has 2 aromatic carbocycles. The average Bonchev–Trinajstić information content (AvgIpc) is 3.20. The zero-order chi connectivity index (χ0) is 24.5. The molecule has 2 N–H and O–H groups in total. The molecule has 0 saturated carbocycles. The third-order valence-electron chi connectivity index (χ3n) is 6.09. The number of aromatic nitrogens is 3. The van der Waals surface area contributed by atoms with Crippen molar-refractivity contribution in [2.75, 3.05) is 6.54 Å². The van der Waals surface area contributed by atoms with Gasteiger partial charge in [-0.2, -0.15) is 0 Å². The number of phenols is 1. The number of nitrogens with zero attached hydrogens (tertiary/aromatic N) is 4. The van der Waals surface area contributed by atoms with E-state index in [0.29, 0.717) is 29.4 Å². The Morgan fingerprint density at radius 2 is 1.77 bits per heavy atom. The first-order chi connectivity index (χ1) is 17.0. The van der Waals surface area contributed by atoms with Gasteiger partial charge in [0.1, 0.15) is 11.3 Å². The SMILES string of the molecule is CCN(Cc1ccccn1)C(=O)c1c2cccnc2c(O)c2c(O)n(Cc3ccc(F)cc3)cc12. The zero-order valence-corrected chi connectivity index (χ0v) is 19.0. The van der Waals surface area contributed by atoms with Crippen LogP contribution in [0.4, 0.5) is 4.39 Å². The number of aromatic hydroxyl groups is 2. The van der Waals surface area contributed by atoms with Crippen molar-refractivity contribution in [3.05, 3.63) is 95.8 Å². The molecule has 0 aliphatic rings. The van der Waals surface area contributed by atoms with E-state index < -0.39 is 0 Å². The second-order valence-electron chi connectivity index (χ2n) is 8.26. The monoisotopic (exact) mass is 470 g/mol. The first-order valence-corrected chi connectivity index (χ1v) is 11.2. The first kappa shape index (κ1) is 22.3. The number of carbonyl (C=O) groups is 1. The minimum atomic E-state index is -0.356. The van der Waals surface area contributed by atoms with Gasteiger partial charge in [-0.3, -0.25) is 14.8 Å². The summed E-state index contributed by atoms with van der Waals surface area (Å²) in [7, 11) is 0. The summed E-state index contributed by atoms with van der Waals surface area (Å²) in [5.41, 5.74) is 2.07. The molecule has 0 fully saturated rings. The standard InChI is InChI=1S/C27H23FN4O3/c1-2-31(15-19-6-3-4-12-29-19)26(34)22-20-7-5-13-30-24(20)25(33)23-21(22)16-32(27(23)35)14-17-8-10-18(28)11-9-17/h3-13,16,33,35H,2,14-15H2,1H3. The third kappa shape index (κ3) is 4.03. The van der Waals surface area contributed by atoms with Crippen LogP contribution in [0.25, 0.3) is 21.7 Å². The highest BCUT2D eigenvalue weighted by Gasteiger charge is 2.27. The quantitative estimate of drug-likeness (QED) is 0.370. The summed E-state index contributed by atoms with van der Waals surface area (Å²) in [6.45, 7) is 2.85. The predicted molar refractivity (Wildman–Crippen MR) is 131 cm³/mol. The summed E-state index contributed by atoms with van der Waals surface area (Å²) in [6, 6.07) is 14.9. The van der Waals surface area contributed by atoms with Crippen molar-refractivity contribution >= 4 is 27.6 Å². The molecule has 8 heteroatoms. The lowest BCUT2D eigenvalue weighted by Crippen LogP contribution is -2.31. The maximum atomic E-state index is 13.9. The Morgan fingerprint density at radius 3 is 2.49 bits per heavy atom. The van der Waals surface area contributed by atoms with Gasteiger partial charge in [-0.15, -0.1) is 0 Å². The molecule has 176 valence electrons. The summed E-state index contributed by atoms with van der Waals surface area (Å²) in [4.78, 5) is 24.2. The molecule has 5 aromatic rings. The van der Waals surface area contributed by atoms with Crippen LogP contribution < -0.4 is 0 Å². The van der Waals surface area contributed by atoms with Crippen LogP contribution in [0, 0.1) is 5.82 Å². The van der Waals surface area contributed by atoms with Gasteiger partial charge in [0.15, 0.2) is 5.75 Å². The van der Waals surface area contributed by atoms with E-state index in [1.54, 1.807) is 41.6 Å². The van der Waals surface area contributed by atoms with E-state index in [9.17, 15) is 19.4 Å². The molecule has 35 heavy (non-hydrogen) atoms. The summed E-state index contributed by atoms with van der Waals surface area (Å²) in [5.74, 6) is -1.02. The summed E-state index contributed by atoms with van der Waals surface area (Å²) in [5, 5.41) is 23.1. The van der Waals surface area contributed by atoms with Crippen LogP contribution in [-0.2, 0) is 13.1 Å². The number of hydrogen-bond acceptors (Lipinski definition) is 5. The number of hydrogen-bond donors (Lipinski definition) is 2. The lowest BCUT2D eigenvalue weighted by atomic mass is 10.00. The van der Waals surface area contributed by atoms with Crippen LogP contribution in [0.2, 0.25) is 0 Å². The van der Waals surface area contributed by atoms with E-state index >= 15 is 0 Å². The largest absolute Gasteiger partial charge is 0.505 e. The molecular formula is C27H23FN4O3. The fourth-order valence-corrected chi connectivity index (χ4v) is 4.34. The normalized spacial score (nSPS) is 11.3. The van der Waals surface area contributed by atoms with E-state index in [1.165, 1.54) is 22.9 Å². The third-order valence-corrected chi connectivity index (χ3v) is 6.09. The number of amides is 1. The van der Waals surface area contributed by atoms with Crippen molar-refractivity contribution < 1.29 is 19.4 Å². The molecule has 0 aliphatic carbocycles. The second-order valence-corrected chi connectivity index (χ2v) is 8.26. The fourth-order valence-electron chi connectivity index (χ4n) is 4.34. The molecule has 0 bridgehead atoms. The van der Waals surface area contributed by atoms with Gasteiger partial charge in [-0.25, -0.2) is 4.39 Å². The lowest BCUT2D eigenvalue weighted by Gasteiger charge is -2.22. The lowest BCUT2D eigenvalue weighted by molar-refractivity contribution is 0.0754. The highest BCUT2D eigenvalue weighted by molar-refractivity contribution is 6.21. The molecular weight excluding hydrogens is 447 g/mol. The Bertz CT molecular complexity index is 1530. The van der Waals surface area contributed by atoms with Crippen LogP contribution in [-0.4, -0.2) is 42.1 Å². The summed E-state index contributed by atoms with van der Waals surface area (Å²) in [6.07, 6.45) is 4.85. The topological polar surface area (TPSA) is 91.5 Å². The molecule has 0 aliphatic heterocycles. The number of phenolic OH excluding ortho intramolecular Hbond substituents is 1. The Morgan fingerprint density at radius 1 is 1.00 bits per heavy atom. The zero-order valence-electron chi connectivity index (χ0n) is 19.0. The van der Waals surface area contributed by atoms with Crippen LogP contribution in [0.15, 0.2) is 73.2 Å². The first-order valence-electron chi connectivity index (χ1n) is 11.2. The van der Waals surface area contributed by atoms with Crippen LogP contribution >= 0.6 is 0 Å². The molecule has 0 unspecified atom stereocenters. The smallest absolute Gasteiger partial charge is 0.255 e. The van der Waals surface area contributed by atoms with Gasteiger partial charge < -0.3 is 19.7 Å². The molecule has 5 rings (SSSR count).